The number of carbonyl (C=O) groups is 1. The Morgan fingerprint density at radius 3 is 2.45 bits per heavy atom. The molecule has 114 valence electrons. The first-order valence-corrected chi connectivity index (χ1v) is 7.48. The number of aliphatic carboxylic acids is 1. The molecule has 2 aromatic rings. The molecule has 0 N–H and O–H groups in total. The maximum Gasteiger partial charge on any atom is 0.0417 e. The number of hydrogen-bond acceptors (Lipinski definition) is 3. The summed E-state index contributed by atoms with van der Waals surface area (Å²) in [6.45, 7) is 4.32. The summed E-state index contributed by atoms with van der Waals surface area (Å²) in [4.78, 5) is 14.8. The zero-order valence-electron chi connectivity index (χ0n) is 13.0. The molecule has 0 saturated heterocycles. The second-order valence-corrected chi connectivity index (χ2v) is 5.55. The first-order valence-electron chi connectivity index (χ1n) is 7.48. The molecule has 0 atom stereocenters. The molecule has 1 aromatic heterocycles. The molecule has 0 amide bonds. The van der Waals surface area contributed by atoms with E-state index < -0.39 is 5.97 Å². The fourth-order valence-corrected chi connectivity index (χ4v) is 2.31. The normalized spacial score (nSPS) is 11.7. The number of nitrogens with zero attached hydrogens (tertiary/aromatic N) is 1. The van der Waals surface area contributed by atoms with Gasteiger partial charge in [-0.2, -0.15) is 0 Å². The summed E-state index contributed by atoms with van der Waals surface area (Å²) >= 11 is 0. The number of benzene rings is 1. The average molecular weight is 294 g/mol. The van der Waals surface area contributed by atoms with E-state index in [9.17, 15) is 9.90 Å². The largest absolute Gasteiger partial charge is 0.550 e. The molecular weight excluding hydrogens is 274 g/mol. The number of rotatable bonds is 6. The van der Waals surface area contributed by atoms with E-state index in [0.29, 0.717) is 12.3 Å². The van der Waals surface area contributed by atoms with Crippen LogP contribution in [0.25, 0.3) is 5.57 Å². The topological polar surface area (TPSA) is 53.0 Å². The quantitative estimate of drug-likeness (QED) is 0.822. The number of carboxylic acids is 1. The molecule has 0 radical (unpaired) electrons. The zero-order chi connectivity index (χ0) is 15.9. The van der Waals surface area contributed by atoms with Crippen molar-refractivity contribution in [3.8, 4) is 0 Å². The van der Waals surface area contributed by atoms with Crippen molar-refractivity contribution in [3.05, 3.63) is 71.6 Å². The van der Waals surface area contributed by atoms with Crippen LogP contribution in [0.1, 0.15) is 49.3 Å². The third kappa shape index (κ3) is 4.29. The van der Waals surface area contributed by atoms with Crippen LogP contribution < -0.4 is 5.11 Å². The third-order valence-electron chi connectivity index (χ3n) is 3.56. The Bertz CT molecular complexity index is 643. The lowest BCUT2D eigenvalue weighted by molar-refractivity contribution is -0.305. The van der Waals surface area contributed by atoms with Gasteiger partial charge in [0, 0.05) is 23.9 Å². The van der Waals surface area contributed by atoms with Gasteiger partial charge in [-0.25, -0.2) is 0 Å². The first-order chi connectivity index (χ1) is 10.6. The van der Waals surface area contributed by atoms with E-state index in [-0.39, 0.29) is 6.42 Å². The van der Waals surface area contributed by atoms with Crippen molar-refractivity contribution in [2.45, 2.75) is 32.6 Å². The van der Waals surface area contributed by atoms with Crippen molar-refractivity contribution in [1.29, 1.82) is 0 Å². The van der Waals surface area contributed by atoms with Gasteiger partial charge in [0.15, 0.2) is 0 Å². The van der Waals surface area contributed by atoms with Crippen molar-refractivity contribution in [1.82, 2.24) is 4.98 Å². The van der Waals surface area contributed by atoms with E-state index >= 15 is 0 Å². The van der Waals surface area contributed by atoms with Gasteiger partial charge in [0.2, 0.25) is 0 Å². The molecule has 0 unspecified atom stereocenters. The van der Waals surface area contributed by atoms with Crippen LogP contribution in [0.15, 0.2) is 54.9 Å². The summed E-state index contributed by atoms with van der Waals surface area (Å²) < 4.78 is 0. The predicted molar refractivity (Wildman–Crippen MR) is 86.1 cm³/mol. The summed E-state index contributed by atoms with van der Waals surface area (Å²) in [5, 5.41) is 10.6. The molecule has 0 bridgehead atoms. The maximum absolute atomic E-state index is 10.6. The van der Waals surface area contributed by atoms with Crippen LogP contribution >= 0.6 is 0 Å². The maximum atomic E-state index is 10.6. The van der Waals surface area contributed by atoms with Crippen molar-refractivity contribution in [3.63, 3.8) is 0 Å². The van der Waals surface area contributed by atoms with Crippen molar-refractivity contribution in [2.75, 3.05) is 0 Å². The standard InChI is InChI=1S/C19H21NO2/c1-14(2)15-8-10-16(11-9-15)18(6-3-7-19(21)22)17-5-4-12-20-13-17/h4-6,8-14H,3,7H2,1-2H3,(H,21,22)/p-1/b18-6-. The summed E-state index contributed by atoms with van der Waals surface area (Å²) in [6.07, 6.45) is 5.93. The van der Waals surface area contributed by atoms with Gasteiger partial charge in [0.25, 0.3) is 0 Å². The number of hydrogen-bond donors (Lipinski definition) is 0. The molecule has 0 aliphatic carbocycles. The Kier molecular flexibility index (Phi) is 5.48. The van der Waals surface area contributed by atoms with Crippen LogP contribution in [-0.4, -0.2) is 11.0 Å². The first kappa shape index (κ1) is 16.0. The number of carboxylic acid groups (broad SMARTS) is 1. The fraction of sp³-hybridized carbons (Fsp3) is 0.263. The highest BCUT2D eigenvalue weighted by Crippen LogP contribution is 2.25. The van der Waals surface area contributed by atoms with Gasteiger partial charge in [-0.3, -0.25) is 4.98 Å². The van der Waals surface area contributed by atoms with Crippen molar-refractivity contribution >= 4 is 11.5 Å². The summed E-state index contributed by atoms with van der Waals surface area (Å²) in [6, 6.07) is 12.2. The lowest BCUT2D eigenvalue weighted by Crippen LogP contribution is -2.21. The van der Waals surface area contributed by atoms with E-state index in [4.69, 9.17) is 0 Å². The molecule has 0 fully saturated rings. The van der Waals surface area contributed by atoms with E-state index in [1.54, 1.807) is 12.4 Å². The van der Waals surface area contributed by atoms with Gasteiger partial charge >= 0.3 is 0 Å². The van der Waals surface area contributed by atoms with E-state index in [2.05, 4.69) is 43.1 Å². The monoisotopic (exact) mass is 294 g/mol. The van der Waals surface area contributed by atoms with Crippen LogP contribution in [0.2, 0.25) is 0 Å². The van der Waals surface area contributed by atoms with Gasteiger partial charge in [-0.15, -0.1) is 0 Å². The zero-order valence-corrected chi connectivity index (χ0v) is 13.0. The lowest BCUT2D eigenvalue weighted by Gasteiger charge is -2.11. The number of carbonyl (C=O) groups excluding carboxylic acids is 1. The highest BCUT2D eigenvalue weighted by Gasteiger charge is 2.06. The molecule has 3 heteroatoms. The molecule has 3 nitrogen and oxygen atoms in total. The number of aromatic nitrogens is 1. The van der Waals surface area contributed by atoms with Gasteiger partial charge in [-0.05, 0) is 41.5 Å². The third-order valence-corrected chi connectivity index (χ3v) is 3.56. The second kappa shape index (κ2) is 7.55. The number of pyridine rings is 1. The van der Waals surface area contributed by atoms with Crippen LogP contribution in [0.5, 0.6) is 0 Å². The highest BCUT2D eigenvalue weighted by atomic mass is 16.4. The van der Waals surface area contributed by atoms with E-state index in [0.717, 1.165) is 16.7 Å². The van der Waals surface area contributed by atoms with Gasteiger partial charge in [0.1, 0.15) is 0 Å². The minimum absolute atomic E-state index is 0.0217. The minimum atomic E-state index is -1.03. The Hall–Kier alpha value is -2.42. The summed E-state index contributed by atoms with van der Waals surface area (Å²) in [5.74, 6) is -0.546. The summed E-state index contributed by atoms with van der Waals surface area (Å²) in [7, 11) is 0. The molecular formula is C19H20NO2-. The van der Waals surface area contributed by atoms with Gasteiger partial charge < -0.3 is 9.90 Å². The van der Waals surface area contributed by atoms with Crippen LogP contribution in [0.4, 0.5) is 0 Å². The number of allylic oxidation sites excluding steroid dienone is 1. The molecule has 0 aliphatic rings. The Labute approximate surface area is 131 Å². The van der Waals surface area contributed by atoms with Crippen LogP contribution in [0.3, 0.4) is 0 Å². The average Bonchev–Trinajstić information content (AvgIpc) is 2.52. The molecule has 1 aromatic carbocycles. The van der Waals surface area contributed by atoms with Gasteiger partial charge in [-0.1, -0.05) is 50.3 Å². The smallest absolute Gasteiger partial charge is 0.0417 e. The second-order valence-electron chi connectivity index (χ2n) is 5.55. The molecule has 22 heavy (non-hydrogen) atoms. The Morgan fingerprint density at radius 2 is 1.91 bits per heavy atom. The molecule has 1 heterocycles. The van der Waals surface area contributed by atoms with E-state index in [1.165, 1.54) is 5.56 Å². The SMILES string of the molecule is CC(C)c1ccc(/C(=C/CCC(=O)[O-])c2cccnc2)cc1. The van der Waals surface area contributed by atoms with Gasteiger partial charge in [0.05, 0.1) is 0 Å². The lowest BCUT2D eigenvalue weighted by atomic mass is 9.94. The Balaban J connectivity index is 2.33. The fourth-order valence-electron chi connectivity index (χ4n) is 2.31. The summed E-state index contributed by atoms with van der Waals surface area (Å²) in [5.41, 5.74) is 4.34. The Morgan fingerprint density at radius 1 is 1.18 bits per heavy atom. The predicted octanol–water partition coefficient (Wildman–Crippen LogP) is 3.17. The minimum Gasteiger partial charge on any atom is -0.550 e. The van der Waals surface area contributed by atoms with Crippen molar-refractivity contribution in [2.24, 2.45) is 0 Å². The van der Waals surface area contributed by atoms with E-state index in [1.807, 2.05) is 18.2 Å². The molecule has 0 saturated carbocycles. The van der Waals surface area contributed by atoms with Crippen LogP contribution in [-0.2, 0) is 4.79 Å². The highest BCUT2D eigenvalue weighted by molar-refractivity contribution is 5.79. The van der Waals surface area contributed by atoms with Crippen LogP contribution in [0, 0.1) is 0 Å². The molecule has 2 rings (SSSR count). The molecule has 0 aliphatic heterocycles. The molecule has 0 spiro atoms. The van der Waals surface area contributed by atoms with Crippen molar-refractivity contribution < 1.29 is 9.90 Å².